The smallest absolute Gasteiger partial charge is 0.273 e. The molecule has 0 saturated carbocycles. The molecule has 0 bridgehead atoms. The Morgan fingerprint density at radius 1 is 1.30 bits per heavy atom. The molecule has 0 spiro atoms. The van der Waals surface area contributed by atoms with E-state index in [1.54, 1.807) is 0 Å². The minimum Gasteiger partial charge on any atom is -0.494 e. The standard InChI is InChI=1S/C20H27N3O3S/c1-2-25-16-6-4-15(5-7-16)19-22-18(14-27-19)20(24)23-11-8-17(9-12-23)26-13-3-10-21/h4-7,14,17H,2-3,8-13,21H2,1H3. The highest BCUT2D eigenvalue weighted by molar-refractivity contribution is 7.13. The molecule has 1 aliphatic rings. The molecule has 1 aliphatic heterocycles. The fourth-order valence-corrected chi connectivity index (χ4v) is 3.89. The summed E-state index contributed by atoms with van der Waals surface area (Å²) in [6, 6.07) is 7.80. The lowest BCUT2D eigenvalue weighted by Crippen LogP contribution is -2.41. The third kappa shape index (κ3) is 5.28. The van der Waals surface area contributed by atoms with Crippen LogP contribution >= 0.6 is 11.3 Å². The van der Waals surface area contributed by atoms with Crippen molar-refractivity contribution in [2.75, 3.05) is 32.8 Å². The monoisotopic (exact) mass is 389 g/mol. The molecule has 0 radical (unpaired) electrons. The van der Waals surface area contributed by atoms with Crippen molar-refractivity contribution in [1.82, 2.24) is 9.88 Å². The Morgan fingerprint density at radius 2 is 2.04 bits per heavy atom. The summed E-state index contributed by atoms with van der Waals surface area (Å²) in [5, 5.41) is 2.69. The Labute approximate surface area is 164 Å². The molecule has 2 heterocycles. The SMILES string of the molecule is CCOc1ccc(-c2nc(C(=O)N3CCC(OCCCN)CC3)cs2)cc1. The zero-order valence-electron chi connectivity index (χ0n) is 15.7. The minimum atomic E-state index is 0.00356. The Hall–Kier alpha value is -1.96. The van der Waals surface area contributed by atoms with E-state index in [2.05, 4.69) is 4.98 Å². The molecule has 3 rings (SSSR count). The third-order valence-corrected chi connectivity index (χ3v) is 5.46. The molecular formula is C20H27N3O3S. The van der Waals surface area contributed by atoms with Crippen LogP contribution in [0, 0.1) is 0 Å². The number of carbonyl (C=O) groups is 1. The fraction of sp³-hybridized carbons (Fsp3) is 0.500. The normalized spacial score (nSPS) is 15.1. The first-order valence-electron chi connectivity index (χ1n) is 9.51. The van der Waals surface area contributed by atoms with Crippen molar-refractivity contribution in [3.63, 3.8) is 0 Å². The van der Waals surface area contributed by atoms with Gasteiger partial charge in [0.2, 0.25) is 0 Å². The second-order valence-electron chi connectivity index (χ2n) is 6.50. The van der Waals surface area contributed by atoms with Crippen molar-refractivity contribution in [2.45, 2.75) is 32.3 Å². The van der Waals surface area contributed by atoms with Gasteiger partial charge in [-0.3, -0.25) is 4.79 Å². The zero-order chi connectivity index (χ0) is 19.1. The van der Waals surface area contributed by atoms with Crippen LogP contribution in [0.15, 0.2) is 29.6 Å². The number of thiazole rings is 1. The van der Waals surface area contributed by atoms with E-state index in [-0.39, 0.29) is 12.0 Å². The van der Waals surface area contributed by atoms with Crippen molar-refractivity contribution in [3.8, 4) is 16.3 Å². The van der Waals surface area contributed by atoms with Gasteiger partial charge < -0.3 is 20.1 Å². The predicted octanol–water partition coefficient (Wildman–Crippen LogP) is 3.18. The van der Waals surface area contributed by atoms with E-state index >= 15 is 0 Å². The number of nitrogens with zero attached hydrogens (tertiary/aromatic N) is 2. The van der Waals surface area contributed by atoms with Crippen LogP contribution in [-0.4, -0.2) is 54.7 Å². The number of aromatic nitrogens is 1. The molecule has 6 nitrogen and oxygen atoms in total. The summed E-state index contributed by atoms with van der Waals surface area (Å²) in [5.74, 6) is 0.842. The van der Waals surface area contributed by atoms with E-state index in [0.717, 1.165) is 35.6 Å². The first kappa shape index (κ1) is 19.8. The number of carbonyl (C=O) groups excluding carboxylic acids is 1. The van der Waals surface area contributed by atoms with Gasteiger partial charge in [0, 0.05) is 30.6 Å². The van der Waals surface area contributed by atoms with Crippen molar-refractivity contribution in [1.29, 1.82) is 0 Å². The van der Waals surface area contributed by atoms with Gasteiger partial charge >= 0.3 is 0 Å². The van der Waals surface area contributed by atoms with Crippen LogP contribution in [0.3, 0.4) is 0 Å². The number of rotatable bonds is 8. The molecule has 0 aliphatic carbocycles. The van der Waals surface area contributed by atoms with Gasteiger partial charge in [-0.15, -0.1) is 11.3 Å². The molecule has 1 amide bonds. The van der Waals surface area contributed by atoms with Gasteiger partial charge in [0.1, 0.15) is 16.5 Å². The lowest BCUT2D eigenvalue weighted by Gasteiger charge is -2.31. The van der Waals surface area contributed by atoms with E-state index in [1.807, 2.05) is 41.5 Å². The quantitative estimate of drug-likeness (QED) is 0.702. The third-order valence-electron chi connectivity index (χ3n) is 4.57. The summed E-state index contributed by atoms with van der Waals surface area (Å²) in [7, 11) is 0. The maximum Gasteiger partial charge on any atom is 0.273 e. The largest absolute Gasteiger partial charge is 0.494 e. The zero-order valence-corrected chi connectivity index (χ0v) is 16.5. The molecular weight excluding hydrogens is 362 g/mol. The van der Waals surface area contributed by atoms with Crippen LogP contribution in [0.1, 0.15) is 36.7 Å². The Kier molecular flexibility index (Phi) is 7.20. The van der Waals surface area contributed by atoms with Gasteiger partial charge in [0.25, 0.3) is 5.91 Å². The number of likely N-dealkylation sites (tertiary alicyclic amines) is 1. The van der Waals surface area contributed by atoms with Crippen molar-refractivity contribution >= 4 is 17.2 Å². The van der Waals surface area contributed by atoms with E-state index in [0.29, 0.717) is 38.5 Å². The summed E-state index contributed by atoms with van der Waals surface area (Å²) in [6.07, 6.45) is 2.85. The number of hydrogen-bond acceptors (Lipinski definition) is 6. The minimum absolute atomic E-state index is 0.00356. The van der Waals surface area contributed by atoms with Crippen LogP contribution in [0.2, 0.25) is 0 Å². The average molecular weight is 390 g/mol. The maximum atomic E-state index is 12.7. The Morgan fingerprint density at radius 3 is 2.70 bits per heavy atom. The average Bonchev–Trinajstić information content (AvgIpc) is 3.19. The summed E-state index contributed by atoms with van der Waals surface area (Å²) >= 11 is 1.49. The first-order valence-corrected chi connectivity index (χ1v) is 10.4. The molecule has 0 atom stereocenters. The summed E-state index contributed by atoms with van der Waals surface area (Å²) in [4.78, 5) is 19.2. The topological polar surface area (TPSA) is 77.7 Å². The number of hydrogen-bond donors (Lipinski definition) is 1. The molecule has 146 valence electrons. The Bertz CT molecular complexity index is 724. The lowest BCUT2D eigenvalue weighted by atomic mass is 10.1. The fourth-order valence-electron chi connectivity index (χ4n) is 3.09. The highest BCUT2D eigenvalue weighted by atomic mass is 32.1. The maximum absolute atomic E-state index is 12.7. The van der Waals surface area contributed by atoms with Crippen molar-refractivity contribution in [3.05, 3.63) is 35.3 Å². The summed E-state index contributed by atoms with van der Waals surface area (Å²) < 4.78 is 11.3. The lowest BCUT2D eigenvalue weighted by molar-refractivity contribution is 0.00831. The van der Waals surface area contributed by atoms with E-state index in [4.69, 9.17) is 15.2 Å². The second kappa shape index (κ2) is 9.82. The molecule has 1 fully saturated rings. The van der Waals surface area contributed by atoms with Crippen LogP contribution in [-0.2, 0) is 4.74 Å². The number of benzene rings is 1. The number of piperidine rings is 1. The van der Waals surface area contributed by atoms with Gasteiger partial charge in [0.15, 0.2) is 0 Å². The van der Waals surface area contributed by atoms with Crippen LogP contribution in [0.5, 0.6) is 5.75 Å². The Balaban J connectivity index is 1.56. The number of nitrogens with two attached hydrogens (primary N) is 1. The predicted molar refractivity (Wildman–Crippen MR) is 107 cm³/mol. The van der Waals surface area contributed by atoms with Gasteiger partial charge in [-0.25, -0.2) is 4.98 Å². The van der Waals surface area contributed by atoms with E-state index in [9.17, 15) is 4.79 Å². The second-order valence-corrected chi connectivity index (χ2v) is 7.36. The molecule has 1 saturated heterocycles. The van der Waals surface area contributed by atoms with Crippen molar-refractivity contribution in [2.24, 2.45) is 5.73 Å². The number of ether oxygens (including phenoxy) is 2. The van der Waals surface area contributed by atoms with E-state index < -0.39 is 0 Å². The molecule has 1 aromatic carbocycles. The van der Waals surface area contributed by atoms with E-state index in [1.165, 1.54) is 11.3 Å². The van der Waals surface area contributed by atoms with Gasteiger partial charge in [0.05, 0.1) is 12.7 Å². The molecule has 2 aromatic rings. The highest BCUT2D eigenvalue weighted by Crippen LogP contribution is 2.27. The molecule has 0 unspecified atom stereocenters. The van der Waals surface area contributed by atoms with Crippen molar-refractivity contribution < 1.29 is 14.3 Å². The van der Waals surface area contributed by atoms with Gasteiger partial charge in [-0.05, 0) is 57.0 Å². The van der Waals surface area contributed by atoms with Crippen LogP contribution < -0.4 is 10.5 Å². The summed E-state index contributed by atoms with van der Waals surface area (Å²) in [6.45, 7) is 5.38. The van der Waals surface area contributed by atoms with Crippen LogP contribution in [0.25, 0.3) is 10.6 Å². The van der Waals surface area contributed by atoms with Gasteiger partial charge in [-0.1, -0.05) is 0 Å². The molecule has 7 heteroatoms. The number of amides is 1. The molecule has 27 heavy (non-hydrogen) atoms. The molecule has 2 N–H and O–H groups in total. The highest BCUT2D eigenvalue weighted by Gasteiger charge is 2.25. The van der Waals surface area contributed by atoms with Crippen LogP contribution in [0.4, 0.5) is 0 Å². The molecule has 1 aromatic heterocycles. The summed E-state index contributed by atoms with van der Waals surface area (Å²) in [5.41, 5.74) is 7.00. The first-order chi connectivity index (χ1) is 13.2. The van der Waals surface area contributed by atoms with Gasteiger partial charge in [-0.2, -0.15) is 0 Å².